The molecule has 2 amide bonds. The van der Waals surface area contributed by atoms with Crippen molar-refractivity contribution in [1.29, 1.82) is 0 Å². The summed E-state index contributed by atoms with van der Waals surface area (Å²) in [5, 5.41) is 5.47. The Morgan fingerprint density at radius 2 is 1.74 bits per heavy atom. The fraction of sp³-hybridized carbons (Fsp3) is 0.350. The molecule has 1 aliphatic rings. The van der Waals surface area contributed by atoms with Crippen molar-refractivity contribution in [3.8, 4) is 0 Å². The molecule has 2 N–H and O–H groups in total. The highest BCUT2D eigenvalue weighted by Crippen LogP contribution is 2.25. The molecule has 27 heavy (non-hydrogen) atoms. The predicted molar refractivity (Wildman–Crippen MR) is 106 cm³/mol. The summed E-state index contributed by atoms with van der Waals surface area (Å²) in [6.07, 6.45) is 0.713. The van der Waals surface area contributed by atoms with Crippen molar-refractivity contribution in [3.63, 3.8) is 0 Å². The maximum atomic E-state index is 12.9. The number of hydrogen-bond acceptors (Lipinski definition) is 3. The summed E-state index contributed by atoms with van der Waals surface area (Å²) in [7, 11) is -3.57. The van der Waals surface area contributed by atoms with E-state index in [1.807, 2.05) is 38.1 Å². The largest absolute Gasteiger partial charge is 0.338 e. The van der Waals surface area contributed by atoms with Crippen molar-refractivity contribution in [2.45, 2.75) is 31.7 Å². The van der Waals surface area contributed by atoms with Gasteiger partial charge in [0.2, 0.25) is 10.0 Å². The first kappa shape index (κ1) is 19.4. The second-order valence-corrected chi connectivity index (χ2v) is 9.05. The van der Waals surface area contributed by atoms with Gasteiger partial charge in [0.05, 0.1) is 4.90 Å². The number of fused-ring (bicyclic) bond motifs is 1. The van der Waals surface area contributed by atoms with Crippen molar-refractivity contribution in [2.24, 2.45) is 5.92 Å². The number of hydrogen-bond donors (Lipinski definition) is 2. The Labute approximate surface area is 160 Å². The van der Waals surface area contributed by atoms with Gasteiger partial charge in [-0.15, -0.1) is 0 Å². The number of carbonyl (C=O) groups excluding carboxylic acids is 1. The molecule has 0 unspecified atom stereocenters. The molecule has 1 heterocycles. The van der Waals surface area contributed by atoms with Crippen LogP contribution in [-0.2, 0) is 23.0 Å². The molecule has 1 aliphatic heterocycles. The molecule has 0 saturated carbocycles. The number of amides is 2. The average molecular weight is 388 g/mol. The molecule has 0 radical (unpaired) electrons. The highest BCUT2D eigenvalue weighted by molar-refractivity contribution is 7.89. The molecule has 2 aromatic carbocycles. The fourth-order valence-electron chi connectivity index (χ4n) is 3.01. The van der Waals surface area contributed by atoms with Gasteiger partial charge in [-0.3, -0.25) is 0 Å². The van der Waals surface area contributed by atoms with Gasteiger partial charge >= 0.3 is 6.03 Å². The molecule has 7 heteroatoms. The molecule has 0 bridgehead atoms. The number of urea groups is 1. The molecule has 0 fully saturated rings. The van der Waals surface area contributed by atoms with E-state index < -0.39 is 10.0 Å². The minimum Gasteiger partial charge on any atom is -0.338 e. The number of sulfonamides is 1. The van der Waals surface area contributed by atoms with Crippen LogP contribution < -0.4 is 10.6 Å². The Balaban J connectivity index is 1.68. The molecule has 0 saturated heterocycles. The van der Waals surface area contributed by atoms with E-state index in [9.17, 15) is 13.2 Å². The number of nitrogens with zero attached hydrogens (tertiary/aromatic N) is 1. The highest BCUT2D eigenvalue weighted by Gasteiger charge is 2.28. The Morgan fingerprint density at radius 3 is 2.41 bits per heavy atom. The van der Waals surface area contributed by atoms with Crippen LogP contribution in [0.3, 0.4) is 0 Å². The second kappa shape index (κ2) is 8.10. The summed E-state index contributed by atoms with van der Waals surface area (Å²) < 4.78 is 27.4. The summed E-state index contributed by atoms with van der Waals surface area (Å²) in [6.45, 7) is 5.46. The summed E-state index contributed by atoms with van der Waals surface area (Å²) >= 11 is 0. The first-order valence-corrected chi connectivity index (χ1v) is 10.5. The van der Waals surface area contributed by atoms with Gasteiger partial charge in [-0.25, -0.2) is 13.2 Å². The smallest absolute Gasteiger partial charge is 0.319 e. The Kier molecular flexibility index (Phi) is 5.82. The molecule has 0 spiro atoms. The normalized spacial score (nSPS) is 14.6. The van der Waals surface area contributed by atoms with E-state index in [1.54, 1.807) is 12.1 Å². The third-order valence-corrected chi connectivity index (χ3v) is 6.38. The Hall–Kier alpha value is -2.38. The summed E-state index contributed by atoms with van der Waals surface area (Å²) in [5.41, 5.74) is 2.81. The van der Waals surface area contributed by atoms with Gasteiger partial charge in [0.25, 0.3) is 0 Å². The zero-order valence-corrected chi connectivity index (χ0v) is 16.4. The van der Waals surface area contributed by atoms with Crippen molar-refractivity contribution >= 4 is 21.7 Å². The van der Waals surface area contributed by atoms with E-state index in [1.165, 1.54) is 22.0 Å². The van der Waals surface area contributed by atoms with E-state index in [0.717, 1.165) is 5.56 Å². The lowest BCUT2D eigenvalue weighted by atomic mass is 10.0. The number of carbonyl (C=O) groups is 1. The standard InChI is InChI=1S/C20H25N3O3S/c1-15(2)13-21-20(24)22-18-7-9-19(10-8-18)27(25,26)23-12-11-16-5-3-4-6-17(16)14-23/h3-10,15H,11-14H2,1-2H3,(H2,21,22,24). The first-order valence-electron chi connectivity index (χ1n) is 9.08. The maximum Gasteiger partial charge on any atom is 0.319 e. The van der Waals surface area contributed by atoms with Crippen molar-refractivity contribution in [1.82, 2.24) is 9.62 Å². The minimum absolute atomic E-state index is 0.231. The molecular formula is C20H25N3O3S. The van der Waals surface area contributed by atoms with Crippen LogP contribution in [0.4, 0.5) is 10.5 Å². The monoisotopic (exact) mass is 387 g/mol. The molecule has 6 nitrogen and oxygen atoms in total. The van der Waals surface area contributed by atoms with Crippen LogP contribution in [0, 0.1) is 5.92 Å². The van der Waals surface area contributed by atoms with Crippen LogP contribution in [0.2, 0.25) is 0 Å². The van der Waals surface area contributed by atoms with Crippen molar-refractivity contribution < 1.29 is 13.2 Å². The average Bonchev–Trinajstić information content (AvgIpc) is 2.66. The second-order valence-electron chi connectivity index (χ2n) is 7.11. The molecular weight excluding hydrogens is 362 g/mol. The van der Waals surface area contributed by atoms with Gasteiger partial charge in [-0.1, -0.05) is 38.1 Å². The Bertz CT molecular complexity index is 908. The quantitative estimate of drug-likeness (QED) is 0.827. The van der Waals surface area contributed by atoms with E-state index in [-0.39, 0.29) is 10.9 Å². The molecule has 0 aliphatic carbocycles. The summed E-state index contributed by atoms with van der Waals surface area (Å²) in [6, 6.07) is 13.9. The third-order valence-electron chi connectivity index (χ3n) is 4.52. The lowest BCUT2D eigenvalue weighted by Gasteiger charge is -2.28. The zero-order valence-electron chi connectivity index (χ0n) is 15.6. The van der Waals surface area contributed by atoms with Crippen LogP contribution in [0.25, 0.3) is 0 Å². The maximum absolute atomic E-state index is 12.9. The highest BCUT2D eigenvalue weighted by atomic mass is 32.2. The predicted octanol–water partition coefficient (Wildman–Crippen LogP) is 3.21. The molecule has 3 rings (SSSR count). The van der Waals surface area contributed by atoms with Gasteiger partial charge < -0.3 is 10.6 Å². The van der Waals surface area contributed by atoms with Gasteiger partial charge in [0.1, 0.15) is 0 Å². The van der Waals surface area contributed by atoms with E-state index in [4.69, 9.17) is 0 Å². The van der Waals surface area contributed by atoms with Gasteiger partial charge in [0.15, 0.2) is 0 Å². The number of nitrogens with one attached hydrogen (secondary N) is 2. The summed E-state index contributed by atoms with van der Waals surface area (Å²) in [4.78, 5) is 12.0. The van der Waals surface area contributed by atoms with Crippen molar-refractivity contribution in [2.75, 3.05) is 18.4 Å². The first-order chi connectivity index (χ1) is 12.9. The van der Waals surface area contributed by atoms with E-state index in [0.29, 0.717) is 37.7 Å². The Morgan fingerprint density at radius 1 is 1.07 bits per heavy atom. The van der Waals surface area contributed by atoms with Crippen LogP contribution >= 0.6 is 0 Å². The van der Waals surface area contributed by atoms with Crippen molar-refractivity contribution in [3.05, 3.63) is 59.7 Å². The lowest BCUT2D eigenvalue weighted by molar-refractivity contribution is 0.251. The molecule has 144 valence electrons. The lowest BCUT2D eigenvalue weighted by Crippen LogP contribution is -2.36. The van der Waals surface area contributed by atoms with Gasteiger partial charge in [0, 0.05) is 25.3 Å². The van der Waals surface area contributed by atoms with Crippen LogP contribution in [0.1, 0.15) is 25.0 Å². The van der Waals surface area contributed by atoms with Crippen LogP contribution in [0.15, 0.2) is 53.4 Å². The van der Waals surface area contributed by atoms with Crippen LogP contribution in [-0.4, -0.2) is 31.8 Å². The number of anilines is 1. The SMILES string of the molecule is CC(C)CNC(=O)Nc1ccc(S(=O)(=O)N2CCc3ccccc3C2)cc1. The van der Waals surface area contributed by atoms with E-state index in [2.05, 4.69) is 10.6 Å². The van der Waals surface area contributed by atoms with Gasteiger partial charge in [-0.2, -0.15) is 4.31 Å². The zero-order chi connectivity index (χ0) is 19.4. The third kappa shape index (κ3) is 4.67. The number of rotatable bonds is 5. The minimum atomic E-state index is -3.57. The van der Waals surface area contributed by atoms with Gasteiger partial charge in [-0.05, 0) is 47.7 Å². The molecule has 0 atom stereocenters. The number of benzene rings is 2. The molecule has 2 aromatic rings. The fourth-order valence-corrected chi connectivity index (χ4v) is 4.43. The topological polar surface area (TPSA) is 78.5 Å². The van der Waals surface area contributed by atoms with E-state index >= 15 is 0 Å². The van der Waals surface area contributed by atoms with Crippen LogP contribution in [0.5, 0.6) is 0 Å². The summed E-state index contributed by atoms with van der Waals surface area (Å²) in [5.74, 6) is 0.359. The molecule has 0 aromatic heterocycles.